The number of ketones is 1. The maximum absolute atomic E-state index is 12.9. The number of benzene rings is 1. The Morgan fingerprint density at radius 3 is 2.63 bits per heavy atom. The van der Waals surface area contributed by atoms with Crippen molar-refractivity contribution in [2.24, 2.45) is 7.05 Å². The van der Waals surface area contributed by atoms with Crippen LogP contribution in [0.3, 0.4) is 0 Å². The molecule has 0 aliphatic carbocycles. The van der Waals surface area contributed by atoms with Crippen LogP contribution in [-0.2, 0) is 13.6 Å². The van der Waals surface area contributed by atoms with Gasteiger partial charge in [-0.25, -0.2) is 4.79 Å². The molecule has 3 aromatic rings. The summed E-state index contributed by atoms with van der Waals surface area (Å²) in [7, 11) is 1.33. The highest BCUT2D eigenvalue weighted by atomic mass is 32.2. The molecule has 1 aromatic carbocycles. The number of tetrazole rings is 1. The Labute approximate surface area is 176 Å². The van der Waals surface area contributed by atoms with Gasteiger partial charge in [-0.1, -0.05) is 36.4 Å². The summed E-state index contributed by atoms with van der Waals surface area (Å²) in [5.41, 5.74) is 7.48. The summed E-state index contributed by atoms with van der Waals surface area (Å²) in [5.74, 6) is -0.697. The Hall–Kier alpha value is -3.21. The van der Waals surface area contributed by atoms with E-state index in [1.54, 1.807) is 4.68 Å². The summed E-state index contributed by atoms with van der Waals surface area (Å²) < 4.78 is 3.70. The Morgan fingerprint density at radius 1 is 1.23 bits per heavy atom. The van der Waals surface area contributed by atoms with Gasteiger partial charge in [-0.3, -0.25) is 18.7 Å². The molecule has 3 rings (SSSR count). The lowest BCUT2D eigenvalue weighted by Crippen LogP contribution is -2.42. The molecule has 158 valence electrons. The molecule has 0 atom stereocenters. The number of aryl methyl sites for hydroxylation is 2. The number of thioether (sulfide) groups is 1. The number of nitrogen functional groups attached to an aromatic ring is 1. The van der Waals surface area contributed by atoms with Gasteiger partial charge in [-0.15, -0.1) is 5.10 Å². The first-order valence-corrected chi connectivity index (χ1v) is 10.4. The lowest BCUT2D eigenvalue weighted by atomic mass is 10.1. The normalized spacial score (nSPS) is 11.1. The highest BCUT2D eigenvalue weighted by molar-refractivity contribution is 7.99. The molecule has 11 heteroatoms. The molecule has 10 nitrogen and oxygen atoms in total. The molecule has 0 saturated carbocycles. The van der Waals surface area contributed by atoms with Crippen molar-refractivity contribution in [3.8, 4) is 5.69 Å². The lowest BCUT2D eigenvalue weighted by molar-refractivity contribution is 0.102. The minimum Gasteiger partial charge on any atom is -0.384 e. The number of hydrogen-bond donors (Lipinski definition) is 1. The molecule has 0 bridgehead atoms. The standard InChI is InChI=1S/C19H23N7O3S/c1-5-8-25-16(20)15(17(28)24(4)19(25)29)14(27)10-30-18-21-22-23-26(18)13-7-6-11(2)9-12(13)3/h6-7,9H,5,8,10,20H2,1-4H3. The van der Waals surface area contributed by atoms with E-state index in [2.05, 4.69) is 15.5 Å². The van der Waals surface area contributed by atoms with E-state index in [1.807, 2.05) is 39.0 Å². The lowest BCUT2D eigenvalue weighted by Gasteiger charge is -2.13. The quantitative estimate of drug-likeness (QED) is 0.436. The van der Waals surface area contributed by atoms with Crippen molar-refractivity contribution in [1.82, 2.24) is 29.3 Å². The van der Waals surface area contributed by atoms with E-state index in [9.17, 15) is 14.4 Å². The number of aromatic nitrogens is 6. The summed E-state index contributed by atoms with van der Waals surface area (Å²) in [6.07, 6.45) is 0.634. The molecule has 0 fully saturated rings. The van der Waals surface area contributed by atoms with Crippen LogP contribution in [-0.4, -0.2) is 40.9 Å². The summed E-state index contributed by atoms with van der Waals surface area (Å²) >= 11 is 1.10. The largest absolute Gasteiger partial charge is 0.384 e. The van der Waals surface area contributed by atoms with Crippen LogP contribution in [0, 0.1) is 13.8 Å². The second-order valence-corrected chi connectivity index (χ2v) is 7.88. The summed E-state index contributed by atoms with van der Waals surface area (Å²) in [5, 5.41) is 12.1. The van der Waals surface area contributed by atoms with Gasteiger partial charge >= 0.3 is 5.69 Å². The molecule has 0 saturated heterocycles. The van der Waals surface area contributed by atoms with Gasteiger partial charge in [0.15, 0.2) is 5.78 Å². The Bertz CT molecular complexity index is 1230. The molecule has 0 aliphatic rings. The molecule has 30 heavy (non-hydrogen) atoms. The van der Waals surface area contributed by atoms with E-state index in [0.29, 0.717) is 18.1 Å². The van der Waals surface area contributed by atoms with Crippen LogP contribution in [0.25, 0.3) is 5.69 Å². The minimum absolute atomic E-state index is 0.102. The second-order valence-electron chi connectivity index (χ2n) is 6.93. The first kappa shape index (κ1) is 21.5. The number of hydrogen-bond acceptors (Lipinski definition) is 8. The molecule has 0 spiro atoms. The van der Waals surface area contributed by atoms with E-state index >= 15 is 0 Å². The number of rotatable bonds is 7. The molecule has 0 aliphatic heterocycles. The van der Waals surface area contributed by atoms with Gasteiger partial charge < -0.3 is 5.73 Å². The van der Waals surface area contributed by atoms with E-state index in [0.717, 1.165) is 33.1 Å². The van der Waals surface area contributed by atoms with Crippen molar-refractivity contribution in [2.75, 3.05) is 11.5 Å². The van der Waals surface area contributed by atoms with Gasteiger partial charge in [-0.2, -0.15) is 4.68 Å². The van der Waals surface area contributed by atoms with Crippen LogP contribution < -0.4 is 17.0 Å². The average Bonchev–Trinajstić information content (AvgIpc) is 3.16. The van der Waals surface area contributed by atoms with Crippen molar-refractivity contribution >= 4 is 23.4 Å². The number of Topliss-reactive ketones (excluding diaryl/α,β-unsaturated/α-hetero) is 1. The minimum atomic E-state index is -0.704. The van der Waals surface area contributed by atoms with Gasteiger partial charge in [0, 0.05) is 13.6 Å². The summed E-state index contributed by atoms with van der Waals surface area (Å²) in [6, 6.07) is 5.87. The predicted octanol–water partition coefficient (Wildman–Crippen LogP) is 1.11. The highest BCUT2D eigenvalue weighted by Crippen LogP contribution is 2.22. The number of carbonyl (C=O) groups is 1. The van der Waals surface area contributed by atoms with E-state index in [1.165, 1.54) is 11.6 Å². The number of nitrogens with zero attached hydrogens (tertiary/aromatic N) is 6. The summed E-state index contributed by atoms with van der Waals surface area (Å²) in [6.45, 7) is 6.14. The van der Waals surface area contributed by atoms with Gasteiger partial charge in [0.25, 0.3) is 5.56 Å². The zero-order valence-electron chi connectivity index (χ0n) is 17.2. The third-order valence-corrected chi connectivity index (χ3v) is 5.58. The second kappa shape index (κ2) is 8.66. The highest BCUT2D eigenvalue weighted by Gasteiger charge is 2.22. The Balaban J connectivity index is 1.90. The number of carbonyl (C=O) groups excluding carboxylic acids is 1. The van der Waals surface area contributed by atoms with Crippen molar-refractivity contribution < 1.29 is 4.79 Å². The third-order valence-electron chi connectivity index (χ3n) is 4.66. The monoisotopic (exact) mass is 429 g/mol. The van der Waals surface area contributed by atoms with Crippen molar-refractivity contribution in [2.45, 2.75) is 38.9 Å². The Kier molecular flexibility index (Phi) is 6.20. The number of nitrogens with two attached hydrogens (primary N) is 1. The van der Waals surface area contributed by atoms with E-state index in [-0.39, 0.29) is 17.1 Å². The van der Waals surface area contributed by atoms with Gasteiger partial charge in [0.2, 0.25) is 5.16 Å². The van der Waals surface area contributed by atoms with Gasteiger partial charge in [-0.05, 0) is 42.3 Å². The predicted molar refractivity (Wildman–Crippen MR) is 114 cm³/mol. The summed E-state index contributed by atoms with van der Waals surface area (Å²) in [4.78, 5) is 37.7. The van der Waals surface area contributed by atoms with Crippen LogP contribution in [0.4, 0.5) is 5.82 Å². The van der Waals surface area contributed by atoms with Crippen LogP contribution in [0.5, 0.6) is 0 Å². The fourth-order valence-electron chi connectivity index (χ4n) is 3.15. The van der Waals surface area contributed by atoms with E-state index in [4.69, 9.17) is 5.73 Å². The molecule has 2 aromatic heterocycles. The van der Waals surface area contributed by atoms with Crippen LogP contribution in [0.1, 0.15) is 34.8 Å². The first-order valence-electron chi connectivity index (χ1n) is 9.37. The molecular formula is C19H23N7O3S. The van der Waals surface area contributed by atoms with Crippen LogP contribution >= 0.6 is 11.8 Å². The molecule has 2 heterocycles. The maximum Gasteiger partial charge on any atom is 0.332 e. The molecule has 0 amide bonds. The zero-order chi connectivity index (χ0) is 22.0. The van der Waals surface area contributed by atoms with Crippen molar-refractivity contribution in [3.63, 3.8) is 0 Å². The molecule has 0 radical (unpaired) electrons. The van der Waals surface area contributed by atoms with Crippen LogP contribution in [0.15, 0.2) is 32.9 Å². The topological polar surface area (TPSA) is 131 Å². The van der Waals surface area contributed by atoms with Crippen molar-refractivity contribution in [1.29, 1.82) is 0 Å². The van der Waals surface area contributed by atoms with Gasteiger partial charge in [0.05, 0.1) is 11.4 Å². The van der Waals surface area contributed by atoms with Crippen LogP contribution in [0.2, 0.25) is 0 Å². The SMILES string of the molecule is CCCn1c(N)c(C(=O)CSc2nnnn2-c2ccc(C)cc2C)c(=O)n(C)c1=O. The van der Waals surface area contributed by atoms with Gasteiger partial charge in [0.1, 0.15) is 11.4 Å². The maximum atomic E-state index is 12.9. The molecular weight excluding hydrogens is 406 g/mol. The smallest absolute Gasteiger partial charge is 0.332 e. The zero-order valence-corrected chi connectivity index (χ0v) is 18.1. The van der Waals surface area contributed by atoms with E-state index < -0.39 is 17.0 Å². The first-order chi connectivity index (χ1) is 14.3. The van der Waals surface area contributed by atoms with Crippen molar-refractivity contribution in [3.05, 3.63) is 55.7 Å². The number of anilines is 1. The average molecular weight is 430 g/mol. The molecule has 2 N–H and O–H groups in total. The Morgan fingerprint density at radius 2 is 1.97 bits per heavy atom. The fourth-order valence-corrected chi connectivity index (χ4v) is 3.91. The fraction of sp³-hybridized carbons (Fsp3) is 0.368. The third kappa shape index (κ3) is 3.92. The molecule has 0 unspecified atom stereocenters.